The van der Waals surface area contributed by atoms with Crippen molar-refractivity contribution in [2.45, 2.75) is 25.8 Å². The summed E-state index contributed by atoms with van der Waals surface area (Å²) >= 11 is 3.57. The molecule has 0 amide bonds. The topological polar surface area (TPSA) is 30.5 Å². The first-order valence-corrected chi connectivity index (χ1v) is 7.70. The number of hydrogen-bond donors (Lipinski definition) is 1. The lowest BCUT2D eigenvalue weighted by Crippen LogP contribution is -2.18. The smallest absolute Gasteiger partial charge is 0.119 e. The van der Waals surface area contributed by atoms with Gasteiger partial charge in [-0.2, -0.15) is 0 Å². The molecule has 0 unspecified atom stereocenters. The van der Waals surface area contributed by atoms with Gasteiger partial charge in [0.05, 0.1) is 13.2 Å². The summed E-state index contributed by atoms with van der Waals surface area (Å²) in [6.45, 7) is 3.25. The van der Waals surface area contributed by atoms with Crippen LogP contribution in [0.2, 0.25) is 0 Å². The van der Waals surface area contributed by atoms with Crippen molar-refractivity contribution in [3.8, 4) is 5.75 Å². The van der Waals surface area contributed by atoms with Gasteiger partial charge in [0.2, 0.25) is 0 Å². The Labute approximate surface area is 123 Å². The van der Waals surface area contributed by atoms with Gasteiger partial charge in [0.25, 0.3) is 0 Å². The van der Waals surface area contributed by atoms with Crippen molar-refractivity contribution in [3.63, 3.8) is 0 Å². The van der Waals surface area contributed by atoms with E-state index in [1.165, 1.54) is 24.8 Å². The van der Waals surface area contributed by atoms with E-state index >= 15 is 0 Å². The highest BCUT2D eigenvalue weighted by molar-refractivity contribution is 9.10. The molecular formula is C15H22BrNO2. The Kier molecular flexibility index (Phi) is 6.14. The summed E-state index contributed by atoms with van der Waals surface area (Å²) in [6, 6.07) is 6.19. The zero-order valence-corrected chi connectivity index (χ0v) is 13.0. The summed E-state index contributed by atoms with van der Waals surface area (Å²) in [4.78, 5) is 0. The highest BCUT2D eigenvalue weighted by Gasteiger charge is 2.20. The van der Waals surface area contributed by atoms with Crippen LogP contribution in [0.3, 0.4) is 0 Å². The van der Waals surface area contributed by atoms with E-state index < -0.39 is 0 Å². The zero-order chi connectivity index (χ0) is 13.5. The molecule has 1 aliphatic carbocycles. The lowest BCUT2D eigenvalue weighted by molar-refractivity contribution is 0.199. The molecule has 19 heavy (non-hydrogen) atoms. The van der Waals surface area contributed by atoms with Crippen LogP contribution in [-0.4, -0.2) is 26.9 Å². The third kappa shape index (κ3) is 5.51. The molecule has 0 bridgehead atoms. The first-order valence-electron chi connectivity index (χ1n) is 6.90. The first-order chi connectivity index (χ1) is 9.29. The molecule has 3 nitrogen and oxygen atoms in total. The van der Waals surface area contributed by atoms with Gasteiger partial charge < -0.3 is 14.8 Å². The van der Waals surface area contributed by atoms with Crippen molar-refractivity contribution < 1.29 is 9.47 Å². The number of rotatable bonds is 9. The summed E-state index contributed by atoms with van der Waals surface area (Å²) in [5.74, 6) is 1.89. The lowest BCUT2D eigenvalue weighted by atomic mass is 10.2. The summed E-state index contributed by atoms with van der Waals surface area (Å²) < 4.78 is 11.9. The SMILES string of the molecule is COCCNCc1cc(OCCC2CC2)ccc1Br. The summed E-state index contributed by atoms with van der Waals surface area (Å²) in [6.07, 6.45) is 3.97. The molecule has 0 saturated heterocycles. The van der Waals surface area contributed by atoms with Gasteiger partial charge in [0.15, 0.2) is 0 Å². The van der Waals surface area contributed by atoms with Gasteiger partial charge in [-0.15, -0.1) is 0 Å². The Morgan fingerprint density at radius 2 is 2.16 bits per heavy atom. The van der Waals surface area contributed by atoms with Gasteiger partial charge in [-0.3, -0.25) is 0 Å². The van der Waals surface area contributed by atoms with E-state index in [0.717, 1.165) is 42.4 Å². The molecule has 1 aromatic rings. The first kappa shape index (κ1) is 14.8. The Bertz CT molecular complexity index is 394. The van der Waals surface area contributed by atoms with E-state index in [0.29, 0.717) is 0 Å². The Balaban J connectivity index is 1.79. The molecule has 1 aliphatic rings. The van der Waals surface area contributed by atoms with Crippen molar-refractivity contribution in [2.75, 3.05) is 26.9 Å². The average molecular weight is 328 g/mol. The Morgan fingerprint density at radius 3 is 2.89 bits per heavy atom. The summed E-state index contributed by atoms with van der Waals surface area (Å²) in [5.41, 5.74) is 1.22. The molecule has 1 N–H and O–H groups in total. The van der Waals surface area contributed by atoms with E-state index in [2.05, 4.69) is 33.4 Å². The van der Waals surface area contributed by atoms with Crippen molar-refractivity contribution in [2.24, 2.45) is 5.92 Å². The number of hydrogen-bond acceptors (Lipinski definition) is 3. The van der Waals surface area contributed by atoms with Crippen LogP contribution >= 0.6 is 15.9 Å². The van der Waals surface area contributed by atoms with E-state index in [9.17, 15) is 0 Å². The van der Waals surface area contributed by atoms with Crippen LogP contribution in [0, 0.1) is 5.92 Å². The average Bonchev–Trinajstić information content (AvgIpc) is 3.22. The van der Waals surface area contributed by atoms with Gasteiger partial charge in [-0.05, 0) is 36.1 Å². The van der Waals surface area contributed by atoms with E-state index in [1.54, 1.807) is 7.11 Å². The van der Waals surface area contributed by atoms with Crippen LogP contribution in [-0.2, 0) is 11.3 Å². The predicted octanol–water partition coefficient (Wildman–Crippen LogP) is 3.36. The summed E-state index contributed by atoms with van der Waals surface area (Å²) in [5, 5.41) is 3.34. The molecule has 1 fully saturated rings. The molecular weight excluding hydrogens is 306 g/mol. The van der Waals surface area contributed by atoms with Gasteiger partial charge in [0.1, 0.15) is 5.75 Å². The third-order valence-corrected chi connectivity index (χ3v) is 4.08. The van der Waals surface area contributed by atoms with Crippen LogP contribution < -0.4 is 10.1 Å². The van der Waals surface area contributed by atoms with Gasteiger partial charge >= 0.3 is 0 Å². The molecule has 2 rings (SSSR count). The van der Waals surface area contributed by atoms with Gasteiger partial charge in [-0.25, -0.2) is 0 Å². The predicted molar refractivity (Wildman–Crippen MR) is 80.6 cm³/mol. The monoisotopic (exact) mass is 327 g/mol. The summed E-state index contributed by atoms with van der Waals surface area (Å²) in [7, 11) is 1.71. The molecule has 1 saturated carbocycles. The van der Waals surface area contributed by atoms with Crippen molar-refractivity contribution in [3.05, 3.63) is 28.2 Å². The fourth-order valence-corrected chi connectivity index (χ4v) is 2.31. The molecule has 0 spiro atoms. The normalized spacial score (nSPS) is 14.6. The van der Waals surface area contributed by atoms with Crippen molar-refractivity contribution in [1.82, 2.24) is 5.32 Å². The number of ether oxygens (including phenoxy) is 2. The van der Waals surface area contributed by atoms with Crippen LogP contribution in [0.15, 0.2) is 22.7 Å². The second-order valence-corrected chi connectivity index (χ2v) is 5.86. The van der Waals surface area contributed by atoms with E-state index in [1.807, 2.05) is 6.07 Å². The molecule has 1 aromatic carbocycles. The Morgan fingerprint density at radius 1 is 1.32 bits per heavy atom. The maximum atomic E-state index is 5.81. The zero-order valence-electron chi connectivity index (χ0n) is 11.5. The molecule has 0 atom stereocenters. The maximum absolute atomic E-state index is 5.81. The minimum atomic E-state index is 0.731. The van der Waals surface area contributed by atoms with Gasteiger partial charge in [-0.1, -0.05) is 28.8 Å². The highest BCUT2D eigenvalue weighted by Crippen LogP contribution is 2.32. The molecule has 0 aromatic heterocycles. The van der Waals surface area contributed by atoms with Crippen molar-refractivity contribution in [1.29, 1.82) is 0 Å². The molecule has 0 aliphatic heterocycles. The fraction of sp³-hybridized carbons (Fsp3) is 0.600. The molecule has 4 heteroatoms. The molecule has 106 valence electrons. The lowest BCUT2D eigenvalue weighted by Gasteiger charge is -2.10. The van der Waals surface area contributed by atoms with Crippen LogP contribution in [0.1, 0.15) is 24.8 Å². The third-order valence-electron chi connectivity index (χ3n) is 3.31. The van der Waals surface area contributed by atoms with Crippen molar-refractivity contribution >= 4 is 15.9 Å². The van der Waals surface area contributed by atoms with Crippen LogP contribution in [0.5, 0.6) is 5.75 Å². The van der Waals surface area contributed by atoms with Crippen LogP contribution in [0.4, 0.5) is 0 Å². The fourth-order valence-electron chi connectivity index (χ4n) is 1.92. The van der Waals surface area contributed by atoms with E-state index in [4.69, 9.17) is 9.47 Å². The maximum Gasteiger partial charge on any atom is 0.119 e. The quantitative estimate of drug-likeness (QED) is 0.705. The van der Waals surface area contributed by atoms with Gasteiger partial charge in [0, 0.05) is 24.7 Å². The second kappa shape index (κ2) is 7.88. The van der Waals surface area contributed by atoms with E-state index in [-0.39, 0.29) is 0 Å². The number of halogens is 1. The Hall–Kier alpha value is -0.580. The molecule has 0 radical (unpaired) electrons. The second-order valence-electron chi connectivity index (χ2n) is 5.00. The largest absolute Gasteiger partial charge is 0.494 e. The number of methoxy groups -OCH3 is 1. The molecule has 0 heterocycles. The number of nitrogens with one attached hydrogen (secondary N) is 1. The number of benzene rings is 1. The minimum absolute atomic E-state index is 0.731. The highest BCUT2D eigenvalue weighted by atomic mass is 79.9. The standard InChI is InChI=1S/C15H22BrNO2/c1-18-9-7-17-11-13-10-14(4-5-15(13)16)19-8-6-12-2-3-12/h4-5,10,12,17H,2-3,6-9,11H2,1H3. The minimum Gasteiger partial charge on any atom is -0.494 e. The van der Waals surface area contributed by atoms with Crippen LogP contribution in [0.25, 0.3) is 0 Å².